The van der Waals surface area contributed by atoms with Crippen LogP contribution in [0, 0.1) is 0 Å². The summed E-state index contributed by atoms with van der Waals surface area (Å²) in [6.07, 6.45) is 3.39. The first-order valence-corrected chi connectivity index (χ1v) is 8.42. The summed E-state index contributed by atoms with van der Waals surface area (Å²) in [7, 11) is 0. The highest BCUT2D eigenvalue weighted by Crippen LogP contribution is 2.28. The van der Waals surface area contributed by atoms with Crippen molar-refractivity contribution >= 4 is 34.1 Å². The Morgan fingerprint density at radius 1 is 1.29 bits per heavy atom. The van der Waals surface area contributed by atoms with E-state index in [1.165, 1.54) is 28.6 Å². The first-order valence-electron chi connectivity index (χ1n) is 7.54. The molecule has 2 aromatic rings. The number of amides is 2. The maximum Gasteiger partial charge on any atom is 0.326 e. The van der Waals surface area contributed by atoms with Crippen LogP contribution in [0.3, 0.4) is 0 Å². The van der Waals surface area contributed by atoms with E-state index in [2.05, 4.69) is 5.32 Å². The van der Waals surface area contributed by atoms with Crippen LogP contribution in [0.4, 0.5) is 5.00 Å². The molecule has 0 saturated carbocycles. The Balaban J connectivity index is 1.80. The SMILES string of the molecule is O=C(Nc1sccc1C(=O)N1CCCC[C@@H]1C(=O)O)c1ccco1. The second-order valence-electron chi connectivity index (χ2n) is 5.44. The highest BCUT2D eigenvalue weighted by Gasteiger charge is 2.33. The third-order valence-corrected chi connectivity index (χ3v) is 4.75. The zero-order valence-electron chi connectivity index (χ0n) is 12.7. The van der Waals surface area contributed by atoms with Gasteiger partial charge in [-0.15, -0.1) is 11.3 Å². The van der Waals surface area contributed by atoms with Crippen LogP contribution in [0.1, 0.15) is 40.2 Å². The van der Waals surface area contributed by atoms with Gasteiger partial charge in [0, 0.05) is 6.54 Å². The summed E-state index contributed by atoms with van der Waals surface area (Å²) < 4.78 is 5.03. The third-order valence-electron chi connectivity index (χ3n) is 3.92. The molecule has 0 aliphatic carbocycles. The Kier molecular flexibility index (Phi) is 4.66. The van der Waals surface area contributed by atoms with Gasteiger partial charge >= 0.3 is 5.97 Å². The summed E-state index contributed by atoms with van der Waals surface area (Å²) in [6.45, 7) is 0.400. The van der Waals surface area contributed by atoms with E-state index in [1.807, 2.05) is 0 Å². The van der Waals surface area contributed by atoms with Crippen molar-refractivity contribution in [3.8, 4) is 0 Å². The number of carboxylic acid groups (broad SMARTS) is 1. The lowest BCUT2D eigenvalue weighted by atomic mass is 10.0. The van der Waals surface area contributed by atoms with Gasteiger partial charge < -0.3 is 19.7 Å². The van der Waals surface area contributed by atoms with E-state index in [1.54, 1.807) is 17.5 Å². The Morgan fingerprint density at radius 2 is 2.12 bits per heavy atom. The molecule has 8 heteroatoms. The van der Waals surface area contributed by atoms with Gasteiger partial charge in [-0.25, -0.2) is 4.79 Å². The van der Waals surface area contributed by atoms with Gasteiger partial charge in [-0.1, -0.05) is 0 Å². The lowest BCUT2D eigenvalue weighted by Crippen LogP contribution is -2.48. The fourth-order valence-corrected chi connectivity index (χ4v) is 3.51. The number of hydrogen-bond acceptors (Lipinski definition) is 5. The van der Waals surface area contributed by atoms with Crippen LogP contribution in [0.15, 0.2) is 34.3 Å². The molecule has 7 nitrogen and oxygen atoms in total. The van der Waals surface area contributed by atoms with Gasteiger partial charge in [0.15, 0.2) is 5.76 Å². The average molecular weight is 348 g/mol. The summed E-state index contributed by atoms with van der Waals surface area (Å²) in [5.41, 5.74) is 0.299. The number of rotatable bonds is 4. The highest BCUT2D eigenvalue weighted by molar-refractivity contribution is 7.14. The molecule has 126 valence electrons. The largest absolute Gasteiger partial charge is 0.480 e. The molecule has 2 aromatic heterocycles. The zero-order chi connectivity index (χ0) is 17.1. The van der Waals surface area contributed by atoms with Crippen molar-refractivity contribution in [3.05, 3.63) is 41.2 Å². The number of carbonyl (C=O) groups is 3. The summed E-state index contributed by atoms with van der Waals surface area (Å²) >= 11 is 1.21. The molecule has 0 unspecified atom stereocenters. The van der Waals surface area contributed by atoms with E-state index in [-0.39, 0.29) is 11.7 Å². The fraction of sp³-hybridized carbons (Fsp3) is 0.312. The predicted octanol–water partition coefficient (Wildman–Crippen LogP) is 2.67. The number of carbonyl (C=O) groups excluding carboxylic acids is 2. The monoisotopic (exact) mass is 348 g/mol. The van der Waals surface area contributed by atoms with Gasteiger partial charge in [-0.2, -0.15) is 0 Å². The maximum absolute atomic E-state index is 12.8. The minimum Gasteiger partial charge on any atom is -0.480 e. The molecule has 24 heavy (non-hydrogen) atoms. The lowest BCUT2D eigenvalue weighted by Gasteiger charge is -2.33. The number of thiophene rings is 1. The molecule has 0 radical (unpaired) electrons. The first-order chi connectivity index (χ1) is 11.6. The summed E-state index contributed by atoms with van der Waals surface area (Å²) in [6, 6.07) is 3.90. The van der Waals surface area contributed by atoms with E-state index in [4.69, 9.17) is 4.42 Å². The van der Waals surface area contributed by atoms with Gasteiger partial charge in [0.2, 0.25) is 0 Å². The second kappa shape index (κ2) is 6.88. The molecule has 3 rings (SSSR count). The van der Waals surface area contributed by atoms with Crippen LogP contribution < -0.4 is 5.32 Å². The van der Waals surface area contributed by atoms with Gasteiger partial charge in [0.05, 0.1) is 11.8 Å². The number of hydrogen-bond donors (Lipinski definition) is 2. The molecule has 2 N–H and O–H groups in total. The van der Waals surface area contributed by atoms with Crippen LogP contribution >= 0.6 is 11.3 Å². The van der Waals surface area contributed by atoms with Crippen molar-refractivity contribution in [2.45, 2.75) is 25.3 Å². The third kappa shape index (κ3) is 3.18. The van der Waals surface area contributed by atoms with Crippen molar-refractivity contribution in [3.63, 3.8) is 0 Å². The Labute approximate surface area is 141 Å². The standard InChI is InChI=1S/C16H16N2O5S/c19-13(12-5-3-8-23-12)17-14-10(6-9-24-14)15(20)18-7-2-1-4-11(18)16(21)22/h3,5-6,8-9,11H,1-2,4,7H2,(H,17,19)(H,21,22)/t11-/m1/s1. The Hall–Kier alpha value is -2.61. The van der Waals surface area contributed by atoms with E-state index < -0.39 is 17.9 Å². The van der Waals surface area contributed by atoms with Crippen LogP contribution in [0.25, 0.3) is 0 Å². The summed E-state index contributed by atoms with van der Waals surface area (Å²) in [5, 5.41) is 14.0. The molecule has 1 aliphatic rings. The number of aliphatic carboxylic acids is 1. The number of furan rings is 1. The van der Waals surface area contributed by atoms with E-state index >= 15 is 0 Å². The van der Waals surface area contributed by atoms with Crippen molar-refractivity contribution in [1.29, 1.82) is 0 Å². The maximum atomic E-state index is 12.8. The molecular weight excluding hydrogens is 332 g/mol. The van der Waals surface area contributed by atoms with E-state index in [0.29, 0.717) is 23.5 Å². The number of carboxylic acids is 1. The molecular formula is C16H16N2O5S. The summed E-state index contributed by atoms with van der Waals surface area (Å²) in [5.74, 6) is -1.69. The quantitative estimate of drug-likeness (QED) is 0.885. The van der Waals surface area contributed by atoms with Crippen molar-refractivity contribution < 1.29 is 23.9 Å². The smallest absolute Gasteiger partial charge is 0.326 e. The number of likely N-dealkylation sites (tertiary alicyclic amines) is 1. The fourth-order valence-electron chi connectivity index (χ4n) is 2.73. The van der Waals surface area contributed by atoms with Gasteiger partial charge in [-0.05, 0) is 42.8 Å². The molecule has 1 saturated heterocycles. The average Bonchev–Trinajstić information content (AvgIpc) is 3.25. The summed E-state index contributed by atoms with van der Waals surface area (Å²) in [4.78, 5) is 37.6. The molecule has 1 aliphatic heterocycles. The molecule has 3 heterocycles. The molecule has 1 fully saturated rings. The Bertz CT molecular complexity index is 752. The second-order valence-corrected chi connectivity index (χ2v) is 6.36. The van der Waals surface area contributed by atoms with Crippen LogP contribution in [-0.2, 0) is 4.79 Å². The molecule has 0 bridgehead atoms. The number of anilines is 1. The minimum absolute atomic E-state index is 0.142. The highest BCUT2D eigenvalue weighted by atomic mass is 32.1. The van der Waals surface area contributed by atoms with Crippen molar-refractivity contribution in [2.24, 2.45) is 0 Å². The molecule has 1 atom stereocenters. The van der Waals surface area contributed by atoms with Gasteiger partial charge in [-0.3, -0.25) is 9.59 Å². The number of nitrogens with one attached hydrogen (secondary N) is 1. The van der Waals surface area contributed by atoms with Crippen LogP contribution in [-0.4, -0.2) is 40.4 Å². The van der Waals surface area contributed by atoms with Gasteiger partial charge in [0.1, 0.15) is 11.0 Å². The van der Waals surface area contributed by atoms with E-state index in [9.17, 15) is 19.5 Å². The molecule has 2 amide bonds. The number of piperidine rings is 1. The predicted molar refractivity (Wildman–Crippen MR) is 87.3 cm³/mol. The minimum atomic E-state index is -1.00. The van der Waals surface area contributed by atoms with Crippen LogP contribution in [0.5, 0.6) is 0 Å². The topological polar surface area (TPSA) is 99.9 Å². The lowest BCUT2D eigenvalue weighted by molar-refractivity contribution is -0.143. The van der Waals surface area contributed by atoms with E-state index in [0.717, 1.165) is 12.8 Å². The normalized spacial score (nSPS) is 17.5. The van der Waals surface area contributed by atoms with Crippen LogP contribution in [0.2, 0.25) is 0 Å². The first kappa shape index (κ1) is 16.3. The van der Waals surface area contributed by atoms with Crippen molar-refractivity contribution in [1.82, 2.24) is 4.90 Å². The van der Waals surface area contributed by atoms with Gasteiger partial charge in [0.25, 0.3) is 11.8 Å². The zero-order valence-corrected chi connectivity index (χ0v) is 13.5. The molecule has 0 spiro atoms. The van der Waals surface area contributed by atoms with Crippen molar-refractivity contribution in [2.75, 3.05) is 11.9 Å². The Morgan fingerprint density at radius 3 is 2.83 bits per heavy atom. The number of nitrogens with zero attached hydrogens (tertiary/aromatic N) is 1. The molecule has 0 aromatic carbocycles.